The molecule has 0 saturated carbocycles. The number of carbonyl (C=O) groups is 3. The second-order valence-electron chi connectivity index (χ2n) is 10.3. The monoisotopic (exact) mass is 578 g/mol. The second-order valence-corrected chi connectivity index (χ2v) is 11.2. The van der Waals surface area contributed by atoms with Crippen LogP contribution in [0.3, 0.4) is 0 Å². The summed E-state index contributed by atoms with van der Waals surface area (Å²) in [4.78, 5) is 45.3. The molecule has 2 aliphatic heterocycles. The Balaban J connectivity index is 1.68. The van der Waals surface area contributed by atoms with E-state index in [-0.39, 0.29) is 17.6 Å². The number of nitrogens with zero attached hydrogens (tertiary/aromatic N) is 1. The Morgan fingerprint density at radius 2 is 1.51 bits per heavy atom. The third-order valence-corrected chi connectivity index (χ3v) is 8.72. The number of likely N-dealkylation sites (tertiary alicyclic amines) is 1. The molecule has 4 atom stereocenters. The topological polar surface area (TPSA) is 66.5 Å². The van der Waals surface area contributed by atoms with Crippen molar-refractivity contribution >= 4 is 39.2 Å². The molecule has 0 aromatic heterocycles. The van der Waals surface area contributed by atoms with Gasteiger partial charge in [-0.2, -0.15) is 0 Å². The van der Waals surface area contributed by atoms with Gasteiger partial charge in [0.1, 0.15) is 0 Å². The fraction of sp³-hybridized carbons (Fsp3) is 0.182. The highest BCUT2D eigenvalue weighted by molar-refractivity contribution is 9.10. The van der Waals surface area contributed by atoms with Crippen molar-refractivity contribution in [1.29, 1.82) is 0 Å². The Bertz CT molecular complexity index is 1600. The average molecular weight is 579 g/mol. The molecule has 194 valence electrons. The number of aryl methyl sites for hydroxylation is 1. The molecular formula is C33H27BrN2O3. The van der Waals surface area contributed by atoms with Gasteiger partial charge >= 0.3 is 0 Å². The molecule has 5 nitrogen and oxygen atoms in total. The van der Waals surface area contributed by atoms with E-state index in [0.717, 1.165) is 15.6 Å². The lowest BCUT2D eigenvalue weighted by Gasteiger charge is -2.39. The Morgan fingerprint density at radius 3 is 2.21 bits per heavy atom. The number of nitrogens with one attached hydrogen (secondary N) is 1. The van der Waals surface area contributed by atoms with E-state index in [9.17, 15) is 14.4 Å². The van der Waals surface area contributed by atoms with E-state index in [2.05, 4.69) is 21.2 Å². The number of carbonyl (C=O) groups excluding carboxylic acids is 3. The van der Waals surface area contributed by atoms with Crippen molar-refractivity contribution in [2.75, 3.05) is 5.32 Å². The van der Waals surface area contributed by atoms with E-state index in [1.807, 2.05) is 98.8 Å². The zero-order chi connectivity index (χ0) is 27.3. The van der Waals surface area contributed by atoms with Crippen LogP contribution in [0.25, 0.3) is 0 Å². The standard InChI is InChI=1S/C33H27BrN2O3/c1-20-11-9-10-16-25(20)31(38)36-21(2)28(22-12-5-3-6-13-22)29(30(37)23-14-7-4-8-15-23)33(36)26-19-24(34)17-18-27(26)35-32(33)39/h3-19,21,28-29H,1-2H3,(H,35,39). The van der Waals surface area contributed by atoms with E-state index < -0.39 is 23.4 Å². The number of rotatable bonds is 4. The number of amides is 2. The van der Waals surface area contributed by atoms with Crippen molar-refractivity contribution in [3.8, 4) is 0 Å². The maximum absolute atomic E-state index is 14.6. The number of anilines is 1. The molecule has 2 amide bonds. The molecule has 6 heteroatoms. The quantitative estimate of drug-likeness (QED) is 0.273. The van der Waals surface area contributed by atoms with Gasteiger partial charge in [-0.25, -0.2) is 0 Å². The summed E-state index contributed by atoms with van der Waals surface area (Å²) in [6.07, 6.45) is 0. The molecule has 1 spiro atoms. The molecule has 2 heterocycles. The molecule has 1 saturated heterocycles. The van der Waals surface area contributed by atoms with Crippen LogP contribution in [0.1, 0.15) is 50.2 Å². The van der Waals surface area contributed by atoms with Gasteiger partial charge < -0.3 is 10.2 Å². The summed E-state index contributed by atoms with van der Waals surface area (Å²) in [5.74, 6) is -2.09. The van der Waals surface area contributed by atoms with Crippen molar-refractivity contribution in [3.63, 3.8) is 0 Å². The minimum Gasteiger partial charge on any atom is -0.323 e. The number of halogens is 1. The number of Topliss-reactive ketones (excluding diaryl/α,β-unsaturated/α-hetero) is 1. The molecule has 2 aliphatic rings. The summed E-state index contributed by atoms with van der Waals surface area (Å²) in [6, 6.07) is 31.3. The first-order valence-corrected chi connectivity index (χ1v) is 13.8. The van der Waals surface area contributed by atoms with Gasteiger partial charge in [-0.3, -0.25) is 14.4 Å². The minimum absolute atomic E-state index is 0.167. The molecule has 1 N–H and O–H groups in total. The van der Waals surface area contributed by atoms with Crippen LogP contribution in [-0.2, 0) is 10.3 Å². The lowest BCUT2D eigenvalue weighted by Crippen LogP contribution is -2.56. The highest BCUT2D eigenvalue weighted by Crippen LogP contribution is 2.59. The summed E-state index contributed by atoms with van der Waals surface area (Å²) in [6.45, 7) is 3.85. The summed E-state index contributed by atoms with van der Waals surface area (Å²) < 4.78 is 0.766. The van der Waals surface area contributed by atoms with Crippen LogP contribution in [-0.4, -0.2) is 28.5 Å². The maximum Gasteiger partial charge on any atom is 0.255 e. The minimum atomic E-state index is -1.55. The molecule has 1 fully saturated rings. The number of hydrogen-bond acceptors (Lipinski definition) is 3. The van der Waals surface area contributed by atoms with Crippen molar-refractivity contribution < 1.29 is 14.4 Å². The Hall–Kier alpha value is -4.03. The molecule has 6 rings (SSSR count). The van der Waals surface area contributed by atoms with E-state index >= 15 is 0 Å². The first kappa shape index (κ1) is 25.3. The first-order valence-electron chi connectivity index (χ1n) is 13.0. The van der Waals surface area contributed by atoms with E-state index in [4.69, 9.17) is 0 Å². The number of fused-ring (bicyclic) bond motifs is 2. The van der Waals surface area contributed by atoms with Crippen LogP contribution in [0.2, 0.25) is 0 Å². The van der Waals surface area contributed by atoms with Crippen LogP contribution in [0.5, 0.6) is 0 Å². The highest BCUT2D eigenvalue weighted by atomic mass is 79.9. The Labute approximate surface area is 236 Å². The molecular weight excluding hydrogens is 552 g/mol. The van der Waals surface area contributed by atoms with Crippen LogP contribution in [0.15, 0.2) is 108 Å². The highest BCUT2D eigenvalue weighted by Gasteiger charge is 2.69. The number of benzene rings is 4. The summed E-state index contributed by atoms with van der Waals surface area (Å²) in [7, 11) is 0. The maximum atomic E-state index is 14.6. The molecule has 39 heavy (non-hydrogen) atoms. The summed E-state index contributed by atoms with van der Waals surface area (Å²) >= 11 is 3.58. The van der Waals surface area contributed by atoms with Gasteiger partial charge in [0.05, 0.1) is 5.92 Å². The van der Waals surface area contributed by atoms with Crippen LogP contribution >= 0.6 is 15.9 Å². The molecule has 0 bridgehead atoms. The third-order valence-electron chi connectivity index (χ3n) is 8.22. The fourth-order valence-electron chi connectivity index (χ4n) is 6.57. The van der Waals surface area contributed by atoms with Gasteiger partial charge in [0, 0.05) is 38.8 Å². The zero-order valence-corrected chi connectivity index (χ0v) is 23.2. The number of hydrogen-bond donors (Lipinski definition) is 1. The largest absolute Gasteiger partial charge is 0.323 e. The predicted octanol–water partition coefficient (Wildman–Crippen LogP) is 6.73. The van der Waals surface area contributed by atoms with Gasteiger partial charge in [0.15, 0.2) is 11.3 Å². The van der Waals surface area contributed by atoms with Gasteiger partial charge in [0.25, 0.3) is 11.8 Å². The van der Waals surface area contributed by atoms with Crippen molar-refractivity contribution in [2.45, 2.75) is 31.3 Å². The van der Waals surface area contributed by atoms with Crippen LogP contribution in [0.4, 0.5) is 5.69 Å². The normalized spacial score (nSPS) is 23.5. The van der Waals surface area contributed by atoms with E-state index in [0.29, 0.717) is 22.4 Å². The smallest absolute Gasteiger partial charge is 0.255 e. The van der Waals surface area contributed by atoms with Crippen molar-refractivity contribution in [1.82, 2.24) is 4.90 Å². The molecule has 4 aromatic carbocycles. The Morgan fingerprint density at radius 1 is 0.872 bits per heavy atom. The lowest BCUT2D eigenvalue weighted by atomic mass is 9.69. The van der Waals surface area contributed by atoms with Crippen LogP contribution < -0.4 is 5.32 Å². The van der Waals surface area contributed by atoms with Crippen molar-refractivity contribution in [2.24, 2.45) is 5.92 Å². The molecule has 4 aromatic rings. The summed E-state index contributed by atoms with van der Waals surface area (Å²) in [5.41, 5.74) is 2.43. The van der Waals surface area contributed by atoms with Gasteiger partial charge in [0.2, 0.25) is 0 Å². The first-order chi connectivity index (χ1) is 18.9. The zero-order valence-electron chi connectivity index (χ0n) is 21.6. The summed E-state index contributed by atoms with van der Waals surface area (Å²) in [5, 5.41) is 3.03. The Kier molecular flexibility index (Phi) is 6.23. The predicted molar refractivity (Wildman–Crippen MR) is 155 cm³/mol. The van der Waals surface area contributed by atoms with Crippen molar-refractivity contribution in [3.05, 3.63) is 135 Å². The lowest BCUT2D eigenvalue weighted by molar-refractivity contribution is -0.126. The average Bonchev–Trinajstić information content (AvgIpc) is 3.39. The molecule has 0 aliphatic carbocycles. The van der Waals surface area contributed by atoms with Crippen LogP contribution in [0, 0.1) is 12.8 Å². The fourth-order valence-corrected chi connectivity index (χ4v) is 6.93. The van der Waals surface area contributed by atoms with Gasteiger partial charge in [-0.15, -0.1) is 0 Å². The van der Waals surface area contributed by atoms with E-state index in [1.54, 1.807) is 23.1 Å². The second kappa shape index (κ2) is 9.62. The third kappa shape index (κ3) is 3.77. The van der Waals surface area contributed by atoms with E-state index in [1.165, 1.54) is 0 Å². The molecule has 0 radical (unpaired) electrons. The van der Waals surface area contributed by atoms with Gasteiger partial charge in [-0.1, -0.05) is 94.8 Å². The molecule has 4 unspecified atom stereocenters. The SMILES string of the molecule is Cc1ccccc1C(=O)N1C(C)C(c2ccccc2)C(C(=O)c2ccccc2)C12C(=O)Nc1ccc(Br)cc12. The number of ketones is 1. The van der Waals surface area contributed by atoms with Gasteiger partial charge in [-0.05, 0) is 49.2 Å².